The van der Waals surface area contributed by atoms with E-state index in [9.17, 15) is 13.2 Å². The number of nitrogens with zero attached hydrogens (tertiary/aromatic N) is 1. The molecular formula is C21H26N2O4S. The van der Waals surface area contributed by atoms with Crippen molar-refractivity contribution >= 4 is 15.9 Å². The normalized spacial score (nSPS) is 18.0. The van der Waals surface area contributed by atoms with E-state index in [2.05, 4.69) is 5.32 Å². The third-order valence-corrected chi connectivity index (χ3v) is 6.80. The van der Waals surface area contributed by atoms with Crippen molar-refractivity contribution in [3.8, 4) is 0 Å². The Balaban J connectivity index is 1.71. The molecule has 0 aliphatic carbocycles. The van der Waals surface area contributed by atoms with E-state index in [1.807, 2.05) is 24.3 Å². The Kier molecular flexibility index (Phi) is 6.83. The number of ether oxygens (including phenoxy) is 1. The summed E-state index contributed by atoms with van der Waals surface area (Å²) in [5.41, 5.74) is 1.98. The fourth-order valence-corrected chi connectivity index (χ4v) is 5.16. The SMILES string of the molecule is COCc1cccc(CNC(=O)C2CCCCN2S(=O)(=O)c2ccccc2)c1. The molecule has 150 valence electrons. The van der Waals surface area contributed by atoms with Gasteiger partial charge in [-0.05, 0) is 36.1 Å². The van der Waals surface area contributed by atoms with Crippen LogP contribution in [-0.4, -0.2) is 38.3 Å². The molecule has 2 aromatic rings. The molecule has 28 heavy (non-hydrogen) atoms. The number of carbonyl (C=O) groups excluding carboxylic acids is 1. The Labute approximate surface area is 166 Å². The highest BCUT2D eigenvalue weighted by Gasteiger charge is 2.37. The van der Waals surface area contributed by atoms with Crippen LogP contribution in [0.1, 0.15) is 30.4 Å². The third-order valence-electron chi connectivity index (χ3n) is 4.88. The van der Waals surface area contributed by atoms with Crippen LogP contribution in [0.3, 0.4) is 0 Å². The summed E-state index contributed by atoms with van der Waals surface area (Å²) in [7, 11) is -2.06. The van der Waals surface area contributed by atoms with Crippen LogP contribution in [0, 0.1) is 0 Å². The maximum absolute atomic E-state index is 13.0. The van der Waals surface area contributed by atoms with Gasteiger partial charge in [0.15, 0.2) is 0 Å². The molecule has 0 aromatic heterocycles. The number of carbonyl (C=O) groups is 1. The third kappa shape index (κ3) is 4.79. The molecular weight excluding hydrogens is 376 g/mol. The molecule has 1 saturated heterocycles. The lowest BCUT2D eigenvalue weighted by Gasteiger charge is -2.33. The second-order valence-electron chi connectivity index (χ2n) is 6.91. The standard InChI is InChI=1S/C21H26N2O4S/c1-27-16-18-9-7-8-17(14-18)15-22-21(24)20-12-5-6-13-23(20)28(25,26)19-10-3-2-4-11-19/h2-4,7-11,14,20H,5-6,12-13,15-16H2,1H3,(H,22,24). The largest absolute Gasteiger partial charge is 0.380 e. The molecule has 0 bridgehead atoms. The Hall–Kier alpha value is -2.22. The number of sulfonamides is 1. The van der Waals surface area contributed by atoms with Crippen LogP contribution in [0.4, 0.5) is 0 Å². The quantitative estimate of drug-likeness (QED) is 0.773. The molecule has 0 saturated carbocycles. The number of amides is 1. The zero-order chi connectivity index (χ0) is 20.0. The predicted molar refractivity (Wildman–Crippen MR) is 107 cm³/mol. The molecule has 1 aliphatic heterocycles. The van der Waals surface area contributed by atoms with E-state index in [1.54, 1.807) is 37.4 Å². The minimum Gasteiger partial charge on any atom is -0.380 e. The lowest BCUT2D eigenvalue weighted by atomic mass is 10.0. The topological polar surface area (TPSA) is 75.7 Å². The van der Waals surface area contributed by atoms with Crippen LogP contribution in [0.5, 0.6) is 0 Å². The second kappa shape index (κ2) is 9.32. The van der Waals surface area contributed by atoms with Crippen LogP contribution < -0.4 is 5.32 Å². The van der Waals surface area contributed by atoms with Crippen molar-refractivity contribution in [3.05, 3.63) is 65.7 Å². The highest BCUT2D eigenvalue weighted by Crippen LogP contribution is 2.25. The summed E-state index contributed by atoms with van der Waals surface area (Å²) in [6.07, 6.45) is 2.12. The summed E-state index contributed by atoms with van der Waals surface area (Å²) >= 11 is 0. The minimum atomic E-state index is -3.70. The summed E-state index contributed by atoms with van der Waals surface area (Å²) in [5.74, 6) is -0.253. The molecule has 1 amide bonds. The summed E-state index contributed by atoms with van der Waals surface area (Å²) in [6.45, 7) is 1.22. The Bertz CT molecular complexity index is 900. The van der Waals surface area contributed by atoms with Crippen LogP contribution in [0.15, 0.2) is 59.5 Å². The van der Waals surface area contributed by atoms with E-state index in [4.69, 9.17) is 4.74 Å². The molecule has 0 spiro atoms. The van der Waals surface area contributed by atoms with Crippen molar-refractivity contribution in [1.29, 1.82) is 0 Å². The Morgan fingerprint density at radius 1 is 1.11 bits per heavy atom. The minimum absolute atomic E-state index is 0.224. The molecule has 7 heteroatoms. The van der Waals surface area contributed by atoms with Crippen LogP contribution in [0.2, 0.25) is 0 Å². The average molecular weight is 403 g/mol. The number of hydrogen-bond donors (Lipinski definition) is 1. The fourth-order valence-electron chi connectivity index (χ4n) is 3.49. The number of hydrogen-bond acceptors (Lipinski definition) is 4. The van der Waals surface area contributed by atoms with Crippen LogP contribution in [0.25, 0.3) is 0 Å². The monoisotopic (exact) mass is 402 g/mol. The van der Waals surface area contributed by atoms with Crippen molar-refractivity contribution < 1.29 is 17.9 Å². The first-order valence-corrected chi connectivity index (χ1v) is 10.9. The van der Waals surface area contributed by atoms with Crippen molar-refractivity contribution in [3.63, 3.8) is 0 Å². The molecule has 0 radical (unpaired) electrons. The van der Waals surface area contributed by atoms with Gasteiger partial charge >= 0.3 is 0 Å². The zero-order valence-electron chi connectivity index (χ0n) is 16.0. The van der Waals surface area contributed by atoms with Gasteiger partial charge in [-0.3, -0.25) is 4.79 Å². The summed E-state index contributed by atoms with van der Waals surface area (Å²) in [6, 6.07) is 15.4. The maximum Gasteiger partial charge on any atom is 0.243 e. The van der Waals surface area contributed by atoms with E-state index in [1.165, 1.54) is 4.31 Å². The van der Waals surface area contributed by atoms with Gasteiger partial charge in [-0.2, -0.15) is 4.31 Å². The number of nitrogens with one attached hydrogen (secondary N) is 1. The smallest absolute Gasteiger partial charge is 0.243 e. The summed E-state index contributed by atoms with van der Waals surface area (Å²) in [5, 5.41) is 2.91. The van der Waals surface area contributed by atoms with Gasteiger partial charge in [0.2, 0.25) is 15.9 Å². The first-order valence-electron chi connectivity index (χ1n) is 9.44. The van der Waals surface area contributed by atoms with Crippen LogP contribution >= 0.6 is 0 Å². The lowest BCUT2D eigenvalue weighted by molar-refractivity contribution is -0.125. The lowest BCUT2D eigenvalue weighted by Crippen LogP contribution is -2.51. The van der Waals surface area contributed by atoms with Gasteiger partial charge in [0.1, 0.15) is 6.04 Å². The zero-order valence-corrected chi connectivity index (χ0v) is 16.8. The van der Waals surface area contributed by atoms with Crippen molar-refractivity contribution in [2.45, 2.75) is 43.4 Å². The fraction of sp³-hybridized carbons (Fsp3) is 0.381. The first kappa shape index (κ1) is 20.5. The molecule has 1 fully saturated rings. The van der Waals surface area contributed by atoms with Crippen molar-refractivity contribution in [1.82, 2.24) is 9.62 Å². The van der Waals surface area contributed by atoms with Gasteiger partial charge in [-0.15, -0.1) is 0 Å². The van der Waals surface area contributed by atoms with E-state index < -0.39 is 16.1 Å². The molecule has 3 rings (SSSR count). The van der Waals surface area contributed by atoms with Gasteiger partial charge in [0.25, 0.3) is 0 Å². The van der Waals surface area contributed by atoms with Crippen LogP contribution in [-0.2, 0) is 32.7 Å². The molecule has 6 nitrogen and oxygen atoms in total. The Morgan fingerprint density at radius 3 is 2.61 bits per heavy atom. The van der Waals surface area contributed by atoms with E-state index in [0.29, 0.717) is 26.1 Å². The summed E-state index contributed by atoms with van der Waals surface area (Å²) < 4.78 is 32.5. The van der Waals surface area contributed by atoms with Gasteiger partial charge in [-0.1, -0.05) is 48.9 Å². The van der Waals surface area contributed by atoms with E-state index in [-0.39, 0.29) is 10.8 Å². The number of benzene rings is 2. The number of piperidine rings is 1. The second-order valence-corrected chi connectivity index (χ2v) is 8.80. The molecule has 1 heterocycles. The molecule has 1 aliphatic rings. The number of rotatable bonds is 7. The van der Waals surface area contributed by atoms with Crippen molar-refractivity contribution in [2.24, 2.45) is 0 Å². The molecule has 2 aromatic carbocycles. The maximum atomic E-state index is 13.0. The molecule has 1 N–H and O–H groups in total. The predicted octanol–water partition coefficient (Wildman–Crippen LogP) is 2.69. The summed E-state index contributed by atoms with van der Waals surface area (Å²) in [4.78, 5) is 13.1. The van der Waals surface area contributed by atoms with Gasteiger partial charge in [-0.25, -0.2) is 8.42 Å². The van der Waals surface area contributed by atoms with E-state index in [0.717, 1.165) is 24.0 Å². The number of methoxy groups -OCH3 is 1. The van der Waals surface area contributed by atoms with E-state index >= 15 is 0 Å². The first-order chi connectivity index (χ1) is 13.5. The van der Waals surface area contributed by atoms with Gasteiger partial charge < -0.3 is 10.1 Å². The van der Waals surface area contributed by atoms with Crippen molar-refractivity contribution in [2.75, 3.05) is 13.7 Å². The highest BCUT2D eigenvalue weighted by atomic mass is 32.2. The van der Waals surface area contributed by atoms with Gasteiger partial charge in [0.05, 0.1) is 11.5 Å². The molecule has 1 unspecified atom stereocenters. The Morgan fingerprint density at radius 2 is 1.86 bits per heavy atom. The van der Waals surface area contributed by atoms with Gasteiger partial charge in [0, 0.05) is 20.2 Å². The highest BCUT2D eigenvalue weighted by molar-refractivity contribution is 7.89. The average Bonchev–Trinajstić information content (AvgIpc) is 2.73. The molecule has 1 atom stereocenters.